The molecule has 0 aliphatic rings. The van der Waals surface area contributed by atoms with Crippen LogP contribution in [0.5, 0.6) is 5.75 Å². The van der Waals surface area contributed by atoms with Gasteiger partial charge < -0.3 is 9.84 Å². The predicted octanol–water partition coefficient (Wildman–Crippen LogP) is 4.12. The summed E-state index contributed by atoms with van der Waals surface area (Å²) in [5, 5.41) is 10.5. The molecule has 2 nitrogen and oxygen atoms in total. The highest BCUT2D eigenvalue weighted by Gasteiger charge is 2.10. The number of ether oxygens (including phenoxy) is 1. The number of aliphatic hydroxyl groups is 1. The topological polar surface area (TPSA) is 29.5 Å². The maximum Gasteiger partial charge on any atom is 0.119 e. The monoisotopic (exact) mass is 270 g/mol. The van der Waals surface area contributed by atoms with Crippen molar-refractivity contribution in [3.8, 4) is 5.75 Å². The van der Waals surface area contributed by atoms with Crippen molar-refractivity contribution in [2.24, 2.45) is 0 Å². The van der Waals surface area contributed by atoms with Crippen LogP contribution in [0, 0.1) is 0 Å². The summed E-state index contributed by atoms with van der Waals surface area (Å²) in [6.07, 6.45) is 1.58. The fourth-order valence-electron chi connectivity index (χ4n) is 2.31. The Bertz CT molecular complexity index is 531. The third-order valence-corrected chi connectivity index (χ3v) is 3.31. The van der Waals surface area contributed by atoms with E-state index in [-0.39, 0.29) is 0 Å². The SMILES string of the molecule is CCCc1cccc(C(O)c2ccc(OCC)cc2)c1. The van der Waals surface area contributed by atoms with E-state index in [0.717, 1.165) is 29.7 Å². The van der Waals surface area contributed by atoms with E-state index in [1.807, 2.05) is 43.3 Å². The highest BCUT2D eigenvalue weighted by molar-refractivity contribution is 5.35. The summed E-state index contributed by atoms with van der Waals surface area (Å²) in [6.45, 7) is 4.78. The Balaban J connectivity index is 2.17. The largest absolute Gasteiger partial charge is 0.494 e. The van der Waals surface area contributed by atoms with Crippen LogP contribution in [0.25, 0.3) is 0 Å². The summed E-state index contributed by atoms with van der Waals surface area (Å²) >= 11 is 0. The van der Waals surface area contributed by atoms with Gasteiger partial charge in [-0.1, -0.05) is 49.7 Å². The van der Waals surface area contributed by atoms with Crippen LogP contribution < -0.4 is 4.74 Å². The van der Waals surface area contributed by atoms with Gasteiger partial charge in [-0.05, 0) is 42.2 Å². The van der Waals surface area contributed by atoms with Crippen molar-refractivity contribution in [3.05, 3.63) is 65.2 Å². The molecule has 2 rings (SSSR count). The molecule has 1 N–H and O–H groups in total. The fraction of sp³-hybridized carbons (Fsp3) is 0.333. The van der Waals surface area contributed by atoms with Gasteiger partial charge in [0.05, 0.1) is 6.61 Å². The molecule has 2 aromatic carbocycles. The van der Waals surface area contributed by atoms with E-state index >= 15 is 0 Å². The van der Waals surface area contributed by atoms with Crippen LogP contribution in [-0.4, -0.2) is 11.7 Å². The van der Waals surface area contributed by atoms with Gasteiger partial charge in [0, 0.05) is 0 Å². The average molecular weight is 270 g/mol. The lowest BCUT2D eigenvalue weighted by Crippen LogP contribution is -2.01. The Labute approximate surface area is 121 Å². The smallest absolute Gasteiger partial charge is 0.119 e. The molecule has 106 valence electrons. The quantitative estimate of drug-likeness (QED) is 0.855. The molecule has 0 heterocycles. The van der Waals surface area contributed by atoms with Crippen LogP contribution in [0.15, 0.2) is 48.5 Å². The Morgan fingerprint density at radius 3 is 2.40 bits per heavy atom. The summed E-state index contributed by atoms with van der Waals surface area (Å²) in [5.41, 5.74) is 3.11. The minimum atomic E-state index is -0.581. The van der Waals surface area contributed by atoms with Crippen molar-refractivity contribution < 1.29 is 9.84 Å². The summed E-state index contributed by atoms with van der Waals surface area (Å²) in [5.74, 6) is 0.836. The average Bonchev–Trinajstić information content (AvgIpc) is 2.48. The lowest BCUT2D eigenvalue weighted by atomic mass is 9.98. The first-order valence-electron chi connectivity index (χ1n) is 7.24. The third-order valence-electron chi connectivity index (χ3n) is 3.31. The number of benzene rings is 2. The van der Waals surface area contributed by atoms with Crippen molar-refractivity contribution in [2.45, 2.75) is 32.8 Å². The molecule has 1 atom stereocenters. The fourth-order valence-corrected chi connectivity index (χ4v) is 2.31. The van der Waals surface area contributed by atoms with Gasteiger partial charge in [-0.3, -0.25) is 0 Å². The number of rotatable bonds is 6. The van der Waals surface area contributed by atoms with E-state index in [4.69, 9.17) is 4.74 Å². The lowest BCUT2D eigenvalue weighted by Gasteiger charge is -2.13. The van der Waals surface area contributed by atoms with E-state index in [1.54, 1.807) is 0 Å². The highest BCUT2D eigenvalue weighted by atomic mass is 16.5. The predicted molar refractivity (Wildman–Crippen MR) is 82.1 cm³/mol. The van der Waals surface area contributed by atoms with Gasteiger partial charge in [0.15, 0.2) is 0 Å². The molecular formula is C18H22O2. The minimum Gasteiger partial charge on any atom is -0.494 e. The molecule has 2 aromatic rings. The zero-order valence-corrected chi connectivity index (χ0v) is 12.2. The summed E-state index contributed by atoms with van der Waals surface area (Å²) in [7, 11) is 0. The van der Waals surface area contributed by atoms with Gasteiger partial charge in [0.2, 0.25) is 0 Å². The van der Waals surface area contributed by atoms with Crippen LogP contribution in [0.1, 0.15) is 43.1 Å². The molecule has 0 aliphatic carbocycles. The molecule has 0 spiro atoms. The molecule has 0 bridgehead atoms. The van der Waals surface area contributed by atoms with E-state index in [2.05, 4.69) is 19.1 Å². The normalized spacial score (nSPS) is 12.2. The Hall–Kier alpha value is -1.80. The van der Waals surface area contributed by atoms with Crippen LogP contribution in [0.2, 0.25) is 0 Å². The zero-order chi connectivity index (χ0) is 14.4. The molecule has 0 fully saturated rings. The molecule has 1 unspecified atom stereocenters. The van der Waals surface area contributed by atoms with Crippen molar-refractivity contribution in [2.75, 3.05) is 6.61 Å². The van der Waals surface area contributed by atoms with E-state index in [1.165, 1.54) is 5.56 Å². The molecule has 0 radical (unpaired) electrons. The molecule has 0 amide bonds. The first-order chi connectivity index (χ1) is 9.74. The van der Waals surface area contributed by atoms with Gasteiger partial charge in [-0.25, -0.2) is 0 Å². The maximum absolute atomic E-state index is 10.5. The Kier molecular flexibility index (Phi) is 5.19. The molecular weight excluding hydrogens is 248 g/mol. The molecule has 0 saturated carbocycles. The van der Waals surface area contributed by atoms with E-state index in [9.17, 15) is 5.11 Å². The summed E-state index contributed by atoms with van der Waals surface area (Å²) in [6, 6.07) is 15.8. The lowest BCUT2D eigenvalue weighted by molar-refractivity contribution is 0.220. The summed E-state index contributed by atoms with van der Waals surface area (Å²) < 4.78 is 5.42. The van der Waals surface area contributed by atoms with Gasteiger partial charge in [0.1, 0.15) is 11.9 Å². The van der Waals surface area contributed by atoms with Crippen LogP contribution in [-0.2, 0) is 6.42 Å². The van der Waals surface area contributed by atoms with Gasteiger partial charge in [-0.15, -0.1) is 0 Å². The standard InChI is InChI=1S/C18H22O2/c1-3-6-14-7-5-8-16(13-14)18(19)15-9-11-17(12-10-15)20-4-2/h5,7-13,18-19H,3-4,6H2,1-2H3. The van der Waals surface area contributed by atoms with Gasteiger partial charge >= 0.3 is 0 Å². The Morgan fingerprint density at radius 1 is 1.00 bits per heavy atom. The Morgan fingerprint density at radius 2 is 1.75 bits per heavy atom. The second kappa shape index (κ2) is 7.11. The van der Waals surface area contributed by atoms with E-state index in [0.29, 0.717) is 6.61 Å². The zero-order valence-electron chi connectivity index (χ0n) is 12.2. The molecule has 20 heavy (non-hydrogen) atoms. The second-order valence-corrected chi connectivity index (χ2v) is 4.90. The van der Waals surface area contributed by atoms with Crippen molar-refractivity contribution in [3.63, 3.8) is 0 Å². The highest BCUT2D eigenvalue weighted by Crippen LogP contribution is 2.25. The first kappa shape index (κ1) is 14.6. The van der Waals surface area contributed by atoms with Gasteiger partial charge in [0.25, 0.3) is 0 Å². The molecule has 2 heteroatoms. The van der Waals surface area contributed by atoms with Crippen molar-refractivity contribution in [1.29, 1.82) is 0 Å². The minimum absolute atomic E-state index is 0.581. The number of aliphatic hydroxyl groups excluding tert-OH is 1. The summed E-state index contributed by atoms with van der Waals surface area (Å²) in [4.78, 5) is 0. The van der Waals surface area contributed by atoms with Crippen LogP contribution in [0.4, 0.5) is 0 Å². The molecule has 0 aromatic heterocycles. The van der Waals surface area contributed by atoms with Crippen molar-refractivity contribution >= 4 is 0 Å². The van der Waals surface area contributed by atoms with Crippen LogP contribution in [0.3, 0.4) is 0 Å². The third kappa shape index (κ3) is 3.61. The van der Waals surface area contributed by atoms with E-state index < -0.39 is 6.10 Å². The molecule has 0 saturated heterocycles. The first-order valence-corrected chi connectivity index (χ1v) is 7.24. The second-order valence-electron chi connectivity index (χ2n) is 4.90. The maximum atomic E-state index is 10.5. The number of aryl methyl sites for hydroxylation is 1. The molecule has 0 aliphatic heterocycles. The van der Waals surface area contributed by atoms with Crippen molar-refractivity contribution in [1.82, 2.24) is 0 Å². The number of hydrogen-bond acceptors (Lipinski definition) is 2. The number of hydrogen-bond donors (Lipinski definition) is 1. The van der Waals surface area contributed by atoms with Crippen LogP contribution >= 0.6 is 0 Å². The van der Waals surface area contributed by atoms with Gasteiger partial charge in [-0.2, -0.15) is 0 Å².